The average molecular weight is 272 g/mol. The Hall–Kier alpha value is -0.380. The summed E-state index contributed by atoms with van der Waals surface area (Å²) in [6.07, 6.45) is 0. The van der Waals surface area contributed by atoms with Gasteiger partial charge in [0.05, 0.1) is 6.61 Å². The van der Waals surface area contributed by atoms with Gasteiger partial charge in [-0.05, 0) is 17.5 Å². The van der Waals surface area contributed by atoms with E-state index in [1.807, 2.05) is 6.07 Å². The highest BCUT2D eigenvalue weighted by Crippen LogP contribution is 2.23. The maximum absolute atomic E-state index is 4.98. The second-order valence-electron chi connectivity index (χ2n) is 3.62. The fourth-order valence-electron chi connectivity index (χ4n) is 1.48. The highest BCUT2D eigenvalue weighted by molar-refractivity contribution is 9.10. The maximum Gasteiger partial charge on any atom is 0.0587 e. The summed E-state index contributed by atoms with van der Waals surface area (Å²) in [6, 6.07) is 8.36. The Kier molecular flexibility index (Phi) is 5.91. The fraction of sp³-hybridized carbons (Fsp3) is 0.500. The van der Waals surface area contributed by atoms with E-state index in [1.165, 1.54) is 10.0 Å². The van der Waals surface area contributed by atoms with Gasteiger partial charge in [-0.15, -0.1) is 0 Å². The minimum Gasteiger partial charge on any atom is -0.383 e. The summed E-state index contributed by atoms with van der Waals surface area (Å²) in [4.78, 5) is 0. The zero-order valence-electron chi connectivity index (χ0n) is 9.29. The van der Waals surface area contributed by atoms with Gasteiger partial charge in [-0.1, -0.05) is 41.1 Å². The van der Waals surface area contributed by atoms with Crippen LogP contribution < -0.4 is 5.32 Å². The lowest BCUT2D eigenvalue weighted by Gasteiger charge is -2.14. The molecule has 2 nitrogen and oxygen atoms in total. The molecule has 84 valence electrons. The van der Waals surface area contributed by atoms with Crippen LogP contribution in [-0.4, -0.2) is 26.8 Å². The Bertz CT molecular complexity index is 291. The Morgan fingerprint density at radius 1 is 1.40 bits per heavy atom. The van der Waals surface area contributed by atoms with Crippen LogP contribution in [0.25, 0.3) is 0 Å². The molecule has 0 saturated heterocycles. The number of ether oxygens (including phenoxy) is 1. The van der Waals surface area contributed by atoms with Crippen molar-refractivity contribution < 1.29 is 4.74 Å². The van der Waals surface area contributed by atoms with Crippen LogP contribution in [0.3, 0.4) is 0 Å². The molecule has 0 aliphatic heterocycles. The minimum atomic E-state index is 0.512. The predicted octanol–water partition coefficient (Wildman–Crippen LogP) is 2.79. The SMILES string of the molecule is COCCNCC(C)c1ccccc1Br. The number of hydrogen-bond acceptors (Lipinski definition) is 2. The molecule has 0 amide bonds. The first kappa shape index (κ1) is 12.7. The number of rotatable bonds is 6. The van der Waals surface area contributed by atoms with E-state index in [4.69, 9.17) is 4.74 Å². The molecular formula is C12H18BrNO. The maximum atomic E-state index is 4.98. The van der Waals surface area contributed by atoms with Crippen molar-refractivity contribution in [1.82, 2.24) is 5.32 Å². The van der Waals surface area contributed by atoms with Crippen molar-refractivity contribution >= 4 is 15.9 Å². The smallest absolute Gasteiger partial charge is 0.0587 e. The molecule has 0 saturated carbocycles. The standard InChI is InChI=1S/C12H18BrNO/c1-10(9-14-7-8-15-2)11-5-3-4-6-12(11)13/h3-6,10,14H,7-9H2,1-2H3. The fourth-order valence-corrected chi connectivity index (χ4v) is 2.15. The molecular weight excluding hydrogens is 254 g/mol. The summed E-state index contributed by atoms with van der Waals surface area (Å²) >= 11 is 3.57. The van der Waals surface area contributed by atoms with Crippen molar-refractivity contribution in [3.63, 3.8) is 0 Å². The van der Waals surface area contributed by atoms with E-state index < -0.39 is 0 Å². The highest BCUT2D eigenvalue weighted by atomic mass is 79.9. The molecule has 0 aliphatic rings. The minimum absolute atomic E-state index is 0.512. The summed E-state index contributed by atoms with van der Waals surface area (Å²) in [5.41, 5.74) is 1.35. The largest absolute Gasteiger partial charge is 0.383 e. The van der Waals surface area contributed by atoms with Gasteiger partial charge < -0.3 is 10.1 Å². The first-order valence-corrected chi connectivity index (χ1v) is 5.99. The lowest BCUT2D eigenvalue weighted by atomic mass is 10.0. The second kappa shape index (κ2) is 6.99. The van der Waals surface area contributed by atoms with Crippen LogP contribution in [0.4, 0.5) is 0 Å². The van der Waals surface area contributed by atoms with Crippen LogP contribution in [0, 0.1) is 0 Å². The molecule has 0 heterocycles. The van der Waals surface area contributed by atoms with Gasteiger partial charge in [0.15, 0.2) is 0 Å². The molecule has 1 rings (SSSR count). The number of methoxy groups -OCH3 is 1. The molecule has 1 aromatic carbocycles. The second-order valence-corrected chi connectivity index (χ2v) is 4.47. The van der Waals surface area contributed by atoms with E-state index in [0.29, 0.717) is 5.92 Å². The highest BCUT2D eigenvalue weighted by Gasteiger charge is 2.07. The topological polar surface area (TPSA) is 21.3 Å². The lowest BCUT2D eigenvalue weighted by Crippen LogP contribution is -2.24. The molecule has 0 fully saturated rings. The molecule has 0 radical (unpaired) electrons. The first-order valence-electron chi connectivity index (χ1n) is 5.19. The summed E-state index contributed by atoms with van der Waals surface area (Å²) in [5, 5.41) is 3.37. The molecule has 15 heavy (non-hydrogen) atoms. The zero-order chi connectivity index (χ0) is 11.1. The van der Waals surface area contributed by atoms with Crippen LogP contribution in [-0.2, 0) is 4.74 Å². The van der Waals surface area contributed by atoms with Gasteiger partial charge in [0, 0.05) is 24.7 Å². The van der Waals surface area contributed by atoms with E-state index in [1.54, 1.807) is 7.11 Å². The molecule has 1 unspecified atom stereocenters. The summed E-state index contributed by atoms with van der Waals surface area (Å²) in [7, 11) is 1.72. The molecule has 3 heteroatoms. The molecule has 0 aromatic heterocycles. The molecule has 0 spiro atoms. The van der Waals surface area contributed by atoms with Crippen molar-refractivity contribution in [1.29, 1.82) is 0 Å². The van der Waals surface area contributed by atoms with Crippen molar-refractivity contribution in [2.24, 2.45) is 0 Å². The van der Waals surface area contributed by atoms with E-state index in [2.05, 4.69) is 46.4 Å². The average Bonchev–Trinajstić information content (AvgIpc) is 2.25. The van der Waals surface area contributed by atoms with E-state index in [9.17, 15) is 0 Å². The van der Waals surface area contributed by atoms with Crippen LogP contribution >= 0.6 is 15.9 Å². The predicted molar refractivity (Wildman–Crippen MR) is 67.3 cm³/mol. The van der Waals surface area contributed by atoms with Crippen LogP contribution in [0.1, 0.15) is 18.4 Å². The monoisotopic (exact) mass is 271 g/mol. The Labute approximate surface area is 100 Å². The number of benzene rings is 1. The van der Waals surface area contributed by atoms with Crippen molar-refractivity contribution in [3.05, 3.63) is 34.3 Å². The van der Waals surface area contributed by atoms with Crippen LogP contribution in [0.5, 0.6) is 0 Å². The Morgan fingerprint density at radius 2 is 2.13 bits per heavy atom. The van der Waals surface area contributed by atoms with Gasteiger partial charge in [0.2, 0.25) is 0 Å². The number of hydrogen-bond donors (Lipinski definition) is 1. The summed E-state index contributed by atoms with van der Waals surface area (Å²) in [5.74, 6) is 0.512. The van der Waals surface area contributed by atoms with Crippen molar-refractivity contribution in [2.45, 2.75) is 12.8 Å². The summed E-state index contributed by atoms with van der Waals surface area (Å²) < 4.78 is 6.17. The Balaban J connectivity index is 2.40. The third-order valence-corrected chi connectivity index (χ3v) is 3.09. The lowest BCUT2D eigenvalue weighted by molar-refractivity contribution is 0.199. The number of nitrogens with one attached hydrogen (secondary N) is 1. The quantitative estimate of drug-likeness (QED) is 0.804. The van der Waals surface area contributed by atoms with Gasteiger partial charge in [0.1, 0.15) is 0 Å². The van der Waals surface area contributed by atoms with Gasteiger partial charge in [-0.3, -0.25) is 0 Å². The Morgan fingerprint density at radius 3 is 2.80 bits per heavy atom. The van der Waals surface area contributed by atoms with Gasteiger partial charge in [-0.25, -0.2) is 0 Å². The van der Waals surface area contributed by atoms with Gasteiger partial charge in [-0.2, -0.15) is 0 Å². The van der Waals surface area contributed by atoms with Crippen LogP contribution in [0.15, 0.2) is 28.7 Å². The number of halogens is 1. The molecule has 0 bridgehead atoms. The van der Waals surface area contributed by atoms with E-state index >= 15 is 0 Å². The van der Waals surface area contributed by atoms with E-state index in [0.717, 1.165) is 19.7 Å². The van der Waals surface area contributed by atoms with Gasteiger partial charge in [0.25, 0.3) is 0 Å². The molecule has 0 aliphatic carbocycles. The zero-order valence-corrected chi connectivity index (χ0v) is 10.9. The summed E-state index contributed by atoms with van der Waals surface area (Å²) in [6.45, 7) is 4.87. The normalized spacial score (nSPS) is 12.7. The van der Waals surface area contributed by atoms with Crippen molar-refractivity contribution in [3.8, 4) is 0 Å². The first-order chi connectivity index (χ1) is 7.25. The third-order valence-electron chi connectivity index (χ3n) is 2.37. The molecule has 1 aromatic rings. The molecule has 1 atom stereocenters. The van der Waals surface area contributed by atoms with Gasteiger partial charge >= 0.3 is 0 Å². The molecule has 1 N–H and O–H groups in total. The third kappa shape index (κ3) is 4.33. The van der Waals surface area contributed by atoms with E-state index in [-0.39, 0.29) is 0 Å². The van der Waals surface area contributed by atoms with Crippen LogP contribution in [0.2, 0.25) is 0 Å². The van der Waals surface area contributed by atoms with Crippen molar-refractivity contribution in [2.75, 3.05) is 26.8 Å².